The quantitative estimate of drug-likeness (QED) is 0.874. The van der Waals surface area contributed by atoms with Crippen molar-refractivity contribution in [2.24, 2.45) is 5.92 Å². The second-order valence-electron chi connectivity index (χ2n) is 5.77. The lowest BCUT2D eigenvalue weighted by atomic mass is 10.3. The van der Waals surface area contributed by atoms with Gasteiger partial charge < -0.3 is 4.90 Å². The molecule has 5 nitrogen and oxygen atoms in total. The molecule has 1 saturated heterocycles. The number of carbonyl (C=O) groups excluding carboxylic acids is 1. The summed E-state index contributed by atoms with van der Waals surface area (Å²) in [5, 5.41) is 0.781. The Hall–Kier alpha value is -0.820. The minimum Gasteiger partial charge on any atom is -0.311 e. The SMILES string of the molecule is O=C1C(NS(=O)(=O)CC2CC2)CCN1c1ccc(Cl)c(Cl)c1. The Balaban J connectivity index is 1.70. The largest absolute Gasteiger partial charge is 0.311 e. The zero-order chi connectivity index (χ0) is 15.9. The average molecular weight is 363 g/mol. The molecule has 120 valence electrons. The molecule has 1 unspecified atom stereocenters. The van der Waals surface area contributed by atoms with Crippen molar-refractivity contribution in [2.45, 2.75) is 25.3 Å². The van der Waals surface area contributed by atoms with Crippen LogP contribution in [0.3, 0.4) is 0 Å². The van der Waals surface area contributed by atoms with E-state index in [1.807, 2.05) is 0 Å². The van der Waals surface area contributed by atoms with Crippen LogP contribution in [0.5, 0.6) is 0 Å². The van der Waals surface area contributed by atoms with Gasteiger partial charge in [-0.1, -0.05) is 23.2 Å². The van der Waals surface area contributed by atoms with E-state index in [1.54, 1.807) is 18.2 Å². The monoisotopic (exact) mass is 362 g/mol. The molecule has 1 heterocycles. The fourth-order valence-electron chi connectivity index (χ4n) is 2.56. The van der Waals surface area contributed by atoms with Crippen LogP contribution < -0.4 is 9.62 Å². The number of nitrogens with zero attached hydrogens (tertiary/aromatic N) is 1. The predicted molar refractivity (Wildman–Crippen MR) is 86.9 cm³/mol. The smallest absolute Gasteiger partial charge is 0.245 e. The van der Waals surface area contributed by atoms with Crippen LogP contribution in [0.25, 0.3) is 0 Å². The summed E-state index contributed by atoms with van der Waals surface area (Å²) < 4.78 is 26.5. The Kier molecular flexibility index (Phi) is 4.38. The van der Waals surface area contributed by atoms with Gasteiger partial charge in [0.2, 0.25) is 15.9 Å². The summed E-state index contributed by atoms with van der Waals surface area (Å²) >= 11 is 11.8. The molecule has 8 heteroatoms. The van der Waals surface area contributed by atoms with E-state index in [9.17, 15) is 13.2 Å². The van der Waals surface area contributed by atoms with E-state index < -0.39 is 16.1 Å². The van der Waals surface area contributed by atoms with E-state index in [0.29, 0.717) is 28.7 Å². The fourth-order valence-corrected chi connectivity index (χ4v) is 4.55. The first kappa shape index (κ1) is 16.1. The Morgan fingerprint density at radius 3 is 2.55 bits per heavy atom. The second kappa shape index (κ2) is 6.00. The van der Waals surface area contributed by atoms with Gasteiger partial charge in [0.25, 0.3) is 0 Å². The molecule has 1 aromatic rings. The van der Waals surface area contributed by atoms with Gasteiger partial charge in [0.05, 0.1) is 15.8 Å². The average Bonchev–Trinajstić information content (AvgIpc) is 3.17. The molecular weight excluding hydrogens is 347 g/mol. The van der Waals surface area contributed by atoms with Crippen LogP contribution in [0.2, 0.25) is 10.0 Å². The molecule has 1 N–H and O–H groups in total. The maximum absolute atomic E-state index is 12.4. The Morgan fingerprint density at radius 1 is 1.18 bits per heavy atom. The van der Waals surface area contributed by atoms with Gasteiger partial charge in [0.15, 0.2) is 0 Å². The third-order valence-electron chi connectivity index (χ3n) is 3.89. The number of halogens is 2. The second-order valence-corrected chi connectivity index (χ2v) is 8.39. The molecule has 1 aliphatic carbocycles. The minimum atomic E-state index is -3.40. The highest BCUT2D eigenvalue weighted by Gasteiger charge is 2.37. The summed E-state index contributed by atoms with van der Waals surface area (Å²) in [5.74, 6) is 0.113. The number of sulfonamides is 1. The van der Waals surface area contributed by atoms with Gasteiger partial charge in [-0.2, -0.15) is 0 Å². The number of amides is 1. The van der Waals surface area contributed by atoms with E-state index in [4.69, 9.17) is 23.2 Å². The zero-order valence-electron chi connectivity index (χ0n) is 11.8. The molecule has 1 aliphatic heterocycles. The molecule has 1 amide bonds. The third kappa shape index (κ3) is 3.56. The van der Waals surface area contributed by atoms with Gasteiger partial charge in [-0.05, 0) is 43.4 Å². The molecule has 0 radical (unpaired) electrons. The minimum absolute atomic E-state index is 0.115. The number of anilines is 1. The van der Waals surface area contributed by atoms with Gasteiger partial charge in [-0.25, -0.2) is 13.1 Å². The first-order chi connectivity index (χ1) is 10.4. The Morgan fingerprint density at radius 2 is 1.91 bits per heavy atom. The van der Waals surface area contributed by atoms with Crippen LogP contribution in [0.15, 0.2) is 18.2 Å². The van der Waals surface area contributed by atoms with Crippen molar-refractivity contribution in [1.29, 1.82) is 0 Å². The highest BCUT2D eigenvalue weighted by atomic mass is 35.5. The maximum atomic E-state index is 12.4. The topological polar surface area (TPSA) is 66.5 Å². The van der Waals surface area contributed by atoms with Crippen molar-refractivity contribution in [3.05, 3.63) is 28.2 Å². The van der Waals surface area contributed by atoms with E-state index in [0.717, 1.165) is 12.8 Å². The summed E-state index contributed by atoms with van der Waals surface area (Å²) in [7, 11) is -3.40. The summed E-state index contributed by atoms with van der Waals surface area (Å²) in [5.41, 5.74) is 0.628. The third-order valence-corrected chi connectivity index (χ3v) is 6.19. The highest BCUT2D eigenvalue weighted by molar-refractivity contribution is 7.89. The van der Waals surface area contributed by atoms with Gasteiger partial charge in [0, 0.05) is 12.2 Å². The molecule has 2 fully saturated rings. The first-order valence-corrected chi connectivity index (χ1v) is 9.53. The lowest BCUT2D eigenvalue weighted by Crippen LogP contribution is -2.42. The van der Waals surface area contributed by atoms with E-state index in [1.165, 1.54) is 4.90 Å². The van der Waals surface area contributed by atoms with Gasteiger partial charge in [-0.15, -0.1) is 0 Å². The number of carbonyl (C=O) groups is 1. The summed E-state index contributed by atoms with van der Waals surface area (Å²) in [6.45, 7) is 0.452. The molecule has 2 aliphatic rings. The van der Waals surface area contributed by atoms with Crippen LogP contribution in [-0.4, -0.2) is 32.7 Å². The van der Waals surface area contributed by atoms with Gasteiger partial charge in [-0.3, -0.25) is 4.79 Å². The zero-order valence-corrected chi connectivity index (χ0v) is 14.1. The summed E-state index contributed by atoms with van der Waals surface area (Å²) in [6, 6.07) is 4.24. The van der Waals surface area contributed by atoms with Crippen molar-refractivity contribution in [1.82, 2.24) is 4.72 Å². The molecule has 1 atom stereocenters. The number of nitrogens with one attached hydrogen (secondary N) is 1. The molecule has 1 aromatic carbocycles. The van der Waals surface area contributed by atoms with Crippen molar-refractivity contribution in [3.8, 4) is 0 Å². The van der Waals surface area contributed by atoms with E-state index >= 15 is 0 Å². The molecular formula is C14H16Cl2N2O3S. The number of hydrogen-bond donors (Lipinski definition) is 1. The van der Waals surface area contributed by atoms with Crippen molar-refractivity contribution in [2.75, 3.05) is 17.2 Å². The number of benzene rings is 1. The number of rotatable bonds is 5. The number of hydrogen-bond acceptors (Lipinski definition) is 3. The predicted octanol–water partition coefficient (Wildman–Crippen LogP) is 2.43. The van der Waals surface area contributed by atoms with Gasteiger partial charge >= 0.3 is 0 Å². The van der Waals surface area contributed by atoms with Crippen molar-refractivity contribution >= 4 is 44.8 Å². The summed E-state index contributed by atoms with van der Waals surface area (Å²) in [6.07, 6.45) is 2.35. The standard InChI is InChI=1S/C14H16Cl2N2O3S/c15-11-4-3-10(7-12(11)16)18-6-5-13(14(18)19)17-22(20,21)8-9-1-2-9/h3-4,7,9,13,17H,1-2,5-6,8H2. The fraction of sp³-hybridized carbons (Fsp3) is 0.500. The Labute approximate surface area is 139 Å². The lowest BCUT2D eigenvalue weighted by molar-refractivity contribution is -0.118. The lowest BCUT2D eigenvalue weighted by Gasteiger charge is -2.18. The van der Waals surface area contributed by atoms with Crippen molar-refractivity contribution in [3.63, 3.8) is 0 Å². The van der Waals surface area contributed by atoms with Crippen LogP contribution >= 0.6 is 23.2 Å². The maximum Gasteiger partial charge on any atom is 0.245 e. The van der Waals surface area contributed by atoms with Crippen LogP contribution in [0, 0.1) is 5.92 Å². The van der Waals surface area contributed by atoms with Crippen LogP contribution in [-0.2, 0) is 14.8 Å². The summed E-state index contributed by atoms with van der Waals surface area (Å²) in [4.78, 5) is 13.9. The molecule has 22 heavy (non-hydrogen) atoms. The van der Waals surface area contributed by atoms with Crippen LogP contribution in [0.4, 0.5) is 5.69 Å². The molecule has 0 bridgehead atoms. The molecule has 1 saturated carbocycles. The van der Waals surface area contributed by atoms with E-state index in [-0.39, 0.29) is 17.6 Å². The molecule has 0 aromatic heterocycles. The highest BCUT2D eigenvalue weighted by Crippen LogP contribution is 2.31. The molecule has 3 rings (SSSR count). The van der Waals surface area contributed by atoms with Crippen LogP contribution in [0.1, 0.15) is 19.3 Å². The van der Waals surface area contributed by atoms with E-state index in [2.05, 4.69) is 4.72 Å². The van der Waals surface area contributed by atoms with Gasteiger partial charge in [0.1, 0.15) is 6.04 Å². The Bertz CT molecular complexity index is 704. The molecule has 0 spiro atoms. The first-order valence-electron chi connectivity index (χ1n) is 7.12. The normalized spacial score (nSPS) is 22.4. The van der Waals surface area contributed by atoms with Crippen molar-refractivity contribution < 1.29 is 13.2 Å².